The predicted octanol–water partition coefficient (Wildman–Crippen LogP) is 8.93. The van der Waals surface area contributed by atoms with E-state index in [0.29, 0.717) is 5.89 Å². The Kier molecular flexibility index (Phi) is 4.63. The van der Waals surface area contributed by atoms with E-state index in [2.05, 4.69) is 93.2 Å². The van der Waals surface area contributed by atoms with Gasteiger partial charge in [-0.15, -0.1) is 6.58 Å². The number of rotatable bonds is 4. The average Bonchev–Trinajstić information content (AvgIpc) is 3.31. The molecule has 0 atom stereocenters. The van der Waals surface area contributed by atoms with Gasteiger partial charge in [-0.3, -0.25) is 0 Å². The topological polar surface area (TPSA) is 26.0 Å². The Morgan fingerprint density at radius 2 is 1.21 bits per heavy atom. The molecule has 2 heteroatoms. The Balaban J connectivity index is 1.67. The van der Waals surface area contributed by atoms with Crippen molar-refractivity contribution in [1.82, 2.24) is 4.98 Å². The van der Waals surface area contributed by atoms with Crippen LogP contribution in [0.5, 0.6) is 0 Å². The molecule has 0 saturated heterocycles. The van der Waals surface area contributed by atoms with Crippen molar-refractivity contribution in [3.63, 3.8) is 0 Å². The molecule has 34 heavy (non-hydrogen) atoms. The smallest absolute Gasteiger partial charge is 0.228 e. The summed E-state index contributed by atoms with van der Waals surface area (Å²) in [7, 11) is 0. The summed E-state index contributed by atoms with van der Waals surface area (Å²) in [6, 6.07) is 33.9. The van der Waals surface area contributed by atoms with Gasteiger partial charge in [0.05, 0.1) is 5.56 Å². The fourth-order valence-electron chi connectivity index (χ4n) is 4.83. The van der Waals surface area contributed by atoms with Gasteiger partial charge in [-0.2, -0.15) is 0 Å². The first-order chi connectivity index (χ1) is 16.6. The van der Waals surface area contributed by atoms with E-state index in [-0.39, 0.29) is 5.41 Å². The van der Waals surface area contributed by atoms with E-state index < -0.39 is 0 Å². The second kappa shape index (κ2) is 7.71. The normalized spacial score (nSPS) is 11.9. The standard InChI is InChI=1S/C32H25NO/c1-4-32(2,3)22-19-17-21(18-20-22)29-23-11-5-7-13-25(23)30(26-14-8-6-12-24(26)29)31-33-27-15-9-10-16-28(27)34-31/h4-20H,1H2,2-3H3. The zero-order chi connectivity index (χ0) is 23.3. The van der Waals surface area contributed by atoms with Crippen molar-refractivity contribution in [2.45, 2.75) is 19.3 Å². The monoisotopic (exact) mass is 439 g/mol. The third-order valence-electron chi connectivity index (χ3n) is 6.87. The van der Waals surface area contributed by atoms with E-state index in [0.717, 1.165) is 27.4 Å². The van der Waals surface area contributed by atoms with Crippen LogP contribution in [0.1, 0.15) is 19.4 Å². The van der Waals surface area contributed by atoms with Gasteiger partial charge in [0.1, 0.15) is 5.52 Å². The molecule has 0 saturated carbocycles. The SMILES string of the molecule is C=CC(C)(C)c1ccc(-c2c3ccccc3c(-c3nc4ccccc4o3)c3ccccc23)cc1. The lowest BCUT2D eigenvalue weighted by atomic mass is 9.83. The highest BCUT2D eigenvalue weighted by Crippen LogP contribution is 2.44. The molecule has 1 aromatic heterocycles. The third-order valence-corrected chi connectivity index (χ3v) is 6.87. The Bertz CT molecular complexity index is 1600. The van der Waals surface area contributed by atoms with Crippen LogP contribution in [0.2, 0.25) is 0 Å². The summed E-state index contributed by atoms with van der Waals surface area (Å²) in [4.78, 5) is 4.86. The van der Waals surface area contributed by atoms with Crippen LogP contribution in [0.15, 0.2) is 114 Å². The quantitative estimate of drug-likeness (QED) is 0.202. The molecule has 0 aliphatic rings. The number of aromatic nitrogens is 1. The van der Waals surface area contributed by atoms with Gasteiger partial charge in [-0.25, -0.2) is 4.98 Å². The molecule has 0 bridgehead atoms. The van der Waals surface area contributed by atoms with Gasteiger partial charge < -0.3 is 4.42 Å². The van der Waals surface area contributed by atoms with E-state index in [9.17, 15) is 0 Å². The van der Waals surface area contributed by atoms with Crippen LogP contribution in [-0.2, 0) is 5.41 Å². The van der Waals surface area contributed by atoms with Crippen LogP contribution in [0.4, 0.5) is 0 Å². The molecular weight excluding hydrogens is 414 g/mol. The Hall–Kier alpha value is -4.17. The molecule has 0 aliphatic heterocycles. The van der Waals surface area contributed by atoms with Gasteiger partial charge in [0.15, 0.2) is 5.58 Å². The van der Waals surface area contributed by atoms with Crippen molar-refractivity contribution in [3.05, 3.63) is 115 Å². The minimum Gasteiger partial charge on any atom is -0.436 e. The average molecular weight is 440 g/mol. The molecule has 1 heterocycles. The molecule has 6 aromatic rings. The fraction of sp³-hybridized carbons (Fsp3) is 0.0938. The first kappa shape index (κ1) is 20.4. The van der Waals surface area contributed by atoms with Gasteiger partial charge in [0, 0.05) is 5.41 Å². The number of fused-ring (bicyclic) bond motifs is 3. The van der Waals surface area contributed by atoms with Crippen LogP contribution in [0.3, 0.4) is 0 Å². The zero-order valence-corrected chi connectivity index (χ0v) is 19.4. The lowest BCUT2D eigenvalue weighted by molar-refractivity contribution is 0.621. The summed E-state index contributed by atoms with van der Waals surface area (Å²) < 4.78 is 6.26. The third kappa shape index (κ3) is 3.14. The van der Waals surface area contributed by atoms with Crippen molar-refractivity contribution in [1.29, 1.82) is 0 Å². The number of allylic oxidation sites excluding steroid dienone is 1. The number of nitrogens with zero attached hydrogens (tertiary/aromatic N) is 1. The van der Waals surface area contributed by atoms with Crippen molar-refractivity contribution >= 4 is 32.6 Å². The summed E-state index contributed by atoms with van der Waals surface area (Å²) in [6.45, 7) is 8.39. The number of para-hydroxylation sites is 2. The Labute approximate surface area is 199 Å². The molecule has 164 valence electrons. The summed E-state index contributed by atoms with van der Waals surface area (Å²) in [6.07, 6.45) is 2.00. The van der Waals surface area contributed by atoms with Crippen molar-refractivity contribution in [2.75, 3.05) is 0 Å². The molecule has 0 fully saturated rings. The Morgan fingerprint density at radius 3 is 1.76 bits per heavy atom. The molecule has 2 nitrogen and oxygen atoms in total. The molecule has 6 rings (SSSR count). The number of oxazole rings is 1. The van der Waals surface area contributed by atoms with Crippen LogP contribution in [-0.4, -0.2) is 4.98 Å². The summed E-state index contributed by atoms with van der Waals surface area (Å²) >= 11 is 0. The molecule has 0 unspecified atom stereocenters. The lowest BCUT2D eigenvalue weighted by Gasteiger charge is -2.21. The van der Waals surface area contributed by atoms with Gasteiger partial charge >= 0.3 is 0 Å². The number of hydrogen-bond acceptors (Lipinski definition) is 2. The van der Waals surface area contributed by atoms with Crippen molar-refractivity contribution < 1.29 is 4.42 Å². The maximum atomic E-state index is 6.26. The first-order valence-corrected chi connectivity index (χ1v) is 11.6. The van der Waals surface area contributed by atoms with E-state index in [1.807, 2.05) is 30.3 Å². The van der Waals surface area contributed by atoms with E-state index in [4.69, 9.17) is 9.40 Å². The van der Waals surface area contributed by atoms with E-state index >= 15 is 0 Å². The Morgan fingerprint density at radius 1 is 0.676 bits per heavy atom. The van der Waals surface area contributed by atoms with Crippen LogP contribution in [0, 0.1) is 0 Å². The first-order valence-electron chi connectivity index (χ1n) is 11.6. The highest BCUT2D eigenvalue weighted by molar-refractivity contribution is 6.20. The second-order valence-corrected chi connectivity index (χ2v) is 9.33. The lowest BCUT2D eigenvalue weighted by Crippen LogP contribution is -2.12. The van der Waals surface area contributed by atoms with Gasteiger partial charge in [-0.05, 0) is 50.4 Å². The summed E-state index contributed by atoms with van der Waals surface area (Å²) in [5.41, 5.74) is 6.32. The minimum absolute atomic E-state index is 0.0700. The van der Waals surface area contributed by atoms with Gasteiger partial charge in [0.25, 0.3) is 0 Å². The largest absolute Gasteiger partial charge is 0.436 e. The van der Waals surface area contributed by atoms with Crippen LogP contribution in [0.25, 0.3) is 55.2 Å². The highest BCUT2D eigenvalue weighted by atomic mass is 16.3. The minimum atomic E-state index is -0.0700. The molecule has 0 radical (unpaired) electrons. The molecule has 0 amide bonds. The molecule has 0 spiro atoms. The predicted molar refractivity (Wildman–Crippen MR) is 143 cm³/mol. The zero-order valence-electron chi connectivity index (χ0n) is 19.4. The van der Waals surface area contributed by atoms with Crippen molar-refractivity contribution in [2.24, 2.45) is 0 Å². The maximum absolute atomic E-state index is 6.26. The second-order valence-electron chi connectivity index (χ2n) is 9.33. The van der Waals surface area contributed by atoms with E-state index in [1.165, 1.54) is 27.5 Å². The van der Waals surface area contributed by atoms with Gasteiger partial charge in [-0.1, -0.05) is 105 Å². The summed E-state index contributed by atoms with van der Waals surface area (Å²) in [5, 5.41) is 4.65. The molecular formula is C32H25NO. The molecule has 5 aromatic carbocycles. The summed E-state index contributed by atoms with van der Waals surface area (Å²) in [5.74, 6) is 0.656. The van der Waals surface area contributed by atoms with Crippen LogP contribution >= 0.6 is 0 Å². The number of benzene rings is 5. The highest BCUT2D eigenvalue weighted by Gasteiger charge is 2.21. The van der Waals surface area contributed by atoms with Gasteiger partial charge in [0.2, 0.25) is 5.89 Å². The van der Waals surface area contributed by atoms with E-state index in [1.54, 1.807) is 0 Å². The fourth-order valence-corrected chi connectivity index (χ4v) is 4.83. The molecule has 0 N–H and O–H groups in total. The van der Waals surface area contributed by atoms with Crippen LogP contribution < -0.4 is 0 Å². The van der Waals surface area contributed by atoms with Crippen molar-refractivity contribution in [3.8, 4) is 22.6 Å². The molecule has 0 aliphatic carbocycles. The maximum Gasteiger partial charge on any atom is 0.228 e. The number of hydrogen-bond donors (Lipinski definition) is 0.